The van der Waals surface area contributed by atoms with E-state index in [9.17, 15) is 0 Å². The Kier molecular flexibility index (Phi) is 7.21. The summed E-state index contributed by atoms with van der Waals surface area (Å²) in [4.78, 5) is 21.6. The molecule has 0 radical (unpaired) electrons. The van der Waals surface area contributed by atoms with Crippen molar-refractivity contribution in [1.82, 2.24) is 19.9 Å². The molecule has 2 aliphatic heterocycles. The lowest BCUT2D eigenvalue weighted by atomic mass is 10.2. The Morgan fingerprint density at radius 1 is 0.838 bits per heavy atom. The van der Waals surface area contributed by atoms with Crippen molar-refractivity contribution in [2.45, 2.75) is 6.42 Å². The van der Waals surface area contributed by atoms with Crippen molar-refractivity contribution in [2.75, 3.05) is 80.7 Å². The predicted molar refractivity (Wildman–Crippen MR) is 151 cm³/mol. The van der Waals surface area contributed by atoms with E-state index in [0.717, 1.165) is 111 Å². The van der Waals surface area contributed by atoms with E-state index in [0.29, 0.717) is 5.02 Å². The van der Waals surface area contributed by atoms with Crippen molar-refractivity contribution in [1.29, 1.82) is 0 Å². The SMILES string of the molecule is Clc1ccc2c(NCCCN3CCN(c4nc(N5CCOCC5)nc5ccccc45)CC3)ccnc2c1. The van der Waals surface area contributed by atoms with Gasteiger partial charge in [-0.25, -0.2) is 4.98 Å². The van der Waals surface area contributed by atoms with E-state index in [2.05, 4.69) is 49.3 Å². The zero-order valence-electron chi connectivity index (χ0n) is 20.9. The number of anilines is 3. The Hall–Kier alpha value is -3.20. The lowest BCUT2D eigenvalue weighted by Crippen LogP contribution is -2.47. The number of pyridine rings is 1. The molecule has 2 aromatic carbocycles. The first kappa shape index (κ1) is 24.2. The number of hydrogen-bond donors (Lipinski definition) is 1. The van der Waals surface area contributed by atoms with Gasteiger partial charge in [0.2, 0.25) is 5.95 Å². The quantitative estimate of drug-likeness (QED) is 0.364. The van der Waals surface area contributed by atoms with Crippen LogP contribution in [0, 0.1) is 0 Å². The number of aromatic nitrogens is 3. The van der Waals surface area contributed by atoms with Crippen LogP contribution in [0.25, 0.3) is 21.8 Å². The molecule has 0 unspecified atom stereocenters. The molecular formula is C28H32ClN7O. The molecule has 37 heavy (non-hydrogen) atoms. The summed E-state index contributed by atoms with van der Waals surface area (Å²) in [6.45, 7) is 9.10. The van der Waals surface area contributed by atoms with Gasteiger partial charge in [-0.1, -0.05) is 23.7 Å². The maximum atomic E-state index is 6.12. The fourth-order valence-electron chi connectivity index (χ4n) is 5.18. The second-order valence-corrected chi connectivity index (χ2v) is 10.0. The van der Waals surface area contributed by atoms with Crippen molar-refractivity contribution in [3.8, 4) is 0 Å². The highest BCUT2D eigenvalue weighted by Crippen LogP contribution is 2.28. The van der Waals surface area contributed by atoms with Crippen LogP contribution >= 0.6 is 11.6 Å². The summed E-state index contributed by atoms with van der Waals surface area (Å²) in [6.07, 6.45) is 2.91. The summed E-state index contributed by atoms with van der Waals surface area (Å²) in [6, 6.07) is 16.3. The first-order valence-electron chi connectivity index (χ1n) is 13.1. The molecule has 8 nitrogen and oxygen atoms in total. The van der Waals surface area contributed by atoms with Gasteiger partial charge in [-0.3, -0.25) is 9.88 Å². The largest absolute Gasteiger partial charge is 0.384 e. The topological polar surface area (TPSA) is 69.7 Å². The first-order valence-corrected chi connectivity index (χ1v) is 13.5. The summed E-state index contributed by atoms with van der Waals surface area (Å²) in [5.41, 5.74) is 3.04. The van der Waals surface area contributed by atoms with Gasteiger partial charge in [0.05, 0.1) is 24.2 Å². The van der Waals surface area contributed by atoms with Crippen molar-refractivity contribution < 1.29 is 4.74 Å². The average Bonchev–Trinajstić information content (AvgIpc) is 2.95. The predicted octanol–water partition coefficient (Wildman–Crippen LogP) is 4.29. The molecule has 0 aliphatic carbocycles. The Balaban J connectivity index is 1.06. The summed E-state index contributed by atoms with van der Waals surface area (Å²) in [5, 5.41) is 6.53. The molecule has 2 saturated heterocycles. The molecule has 192 valence electrons. The molecule has 4 heterocycles. The zero-order chi connectivity index (χ0) is 25.0. The molecule has 6 rings (SSSR count). The summed E-state index contributed by atoms with van der Waals surface area (Å²) in [7, 11) is 0. The number of rotatable bonds is 7. The fourth-order valence-corrected chi connectivity index (χ4v) is 5.34. The Labute approximate surface area is 222 Å². The fraction of sp³-hybridized carbons (Fsp3) is 0.393. The molecule has 9 heteroatoms. The summed E-state index contributed by atoms with van der Waals surface area (Å²) >= 11 is 6.12. The third kappa shape index (κ3) is 5.42. The Bertz CT molecular complexity index is 1370. The molecule has 2 aliphatic rings. The number of para-hydroxylation sites is 1. The number of fused-ring (bicyclic) bond motifs is 2. The highest BCUT2D eigenvalue weighted by molar-refractivity contribution is 6.31. The zero-order valence-corrected chi connectivity index (χ0v) is 21.7. The van der Waals surface area contributed by atoms with Gasteiger partial charge in [-0.15, -0.1) is 0 Å². The van der Waals surface area contributed by atoms with Gasteiger partial charge < -0.3 is 19.9 Å². The minimum atomic E-state index is 0.712. The van der Waals surface area contributed by atoms with E-state index < -0.39 is 0 Å². The molecule has 0 atom stereocenters. The van der Waals surface area contributed by atoms with Crippen LogP contribution in [0.2, 0.25) is 5.02 Å². The highest BCUT2D eigenvalue weighted by Gasteiger charge is 2.22. The number of nitrogens with one attached hydrogen (secondary N) is 1. The minimum Gasteiger partial charge on any atom is -0.384 e. The Morgan fingerprint density at radius 2 is 1.68 bits per heavy atom. The highest BCUT2D eigenvalue weighted by atomic mass is 35.5. The lowest BCUT2D eigenvalue weighted by molar-refractivity contribution is 0.122. The first-order chi connectivity index (χ1) is 18.2. The second kappa shape index (κ2) is 11.0. The van der Waals surface area contributed by atoms with Crippen molar-refractivity contribution in [2.24, 2.45) is 0 Å². The summed E-state index contributed by atoms with van der Waals surface area (Å²) in [5.74, 6) is 1.87. The number of hydrogen-bond acceptors (Lipinski definition) is 8. The normalized spacial score (nSPS) is 17.0. The van der Waals surface area contributed by atoms with Crippen LogP contribution in [-0.2, 0) is 4.74 Å². The van der Waals surface area contributed by atoms with Crippen LogP contribution in [-0.4, -0.2) is 85.4 Å². The van der Waals surface area contributed by atoms with E-state index in [1.807, 2.05) is 30.5 Å². The van der Waals surface area contributed by atoms with Gasteiger partial charge >= 0.3 is 0 Å². The lowest BCUT2D eigenvalue weighted by Gasteiger charge is -2.36. The van der Waals surface area contributed by atoms with Crippen LogP contribution in [0.1, 0.15) is 6.42 Å². The summed E-state index contributed by atoms with van der Waals surface area (Å²) < 4.78 is 5.53. The van der Waals surface area contributed by atoms with Crippen molar-refractivity contribution in [3.63, 3.8) is 0 Å². The Morgan fingerprint density at radius 3 is 2.54 bits per heavy atom. The van der Waals surface area contributed by atoms with E-state index in [1.165, 1.54) is 0 Å². The number of benzene rings is 2. The molecule has 2 aromatic heterocycles. The second-order valence-electron chi connectivity index (χ2n) is 9.59. The molecule has 1 N–H and O–H groups in total. The van der Waals surface area contributed by atoms with Gasteiger partial charge in [0.25, 0.3) is 0 Å². The third-order valence-corrected chi connectivity index (χ3v) is 7.44. The van der Waals surface area contributed by atoms with E-state index >= 15 is 0 Å². The van der Waals surface area contributed by atoms with Crippen molar-refractivity contribution >= 4 is 50.9 Å². The molecule has 4 aromatic rings. The monoisotopic (exact) mass is 517 g/mol. The van der Waals surface area contributed by atoms with Gasteiger partial charge in [-0.05, 0) is 49.4 Å². The van der Waals surface area contributed by atoms with Gasteiger partial charge in [0.1, 0.15) is 5.82 Å². The molecule has 0 amide bonds. The number of halogens is 1. The standard InChI is InChI=1S/C28H32ClN7O/c29-21-6-7-22-24(8-10-31-26(22)20-21)30-9-3-11-34-12-14-35(15-13-34)27-23-4-1-2-5-25(23)32-28(33-27)36-16-18-37-19-17-36/h1-2,4-8,10,20H,3,9,11-19H2,(H,30,31). The third-order valence-electron chi connectivity index (χ3n) is 7.21. The van der Waals surface area contributed by atoms with E-state index in [-0.39, 0.29) is 0 Å². The number of morpholine rings is 1. The van der Waals surface area contributed by atoms with Crippen LogP contribution < -0.4 is 15.1 Å². The smallest absolute Gasteiger partial charge is 0.228 e. The number of ether oxygens (including phenoxy) is 1. The molecule has 2 fully saturated rings. The van der Waals surface area contributed by atoms with E-state index in [4.69, 9.17) is 26.3 Å². The molecular weight excluding hydrogens is 486 g/mol. The van der Waals surface area contributed by atoms with Crippen molar-refractivity contribution in [3.05, 3.63) is 59.8 Å². The van der Waals surface area contributed by atoms with Crippen LogP contribution in [0.15, 0.2) is 54.7 Å². The molecule has 0 bridgehead atoms. The maximum Gasteiger partial charge on any atom is 0.228 e. The maximum absolute atomic E-state index is 6.12. The number of nitrogens with zero attached hydrogens (tertiary/aromatic N) is 6. The minimum absolute atomic E-state index is 0.712. The molecule has 0 saturated carbocycles. The van der Waals surface area contributed by atoms with Gasteiger partial charge in [0, 0.05) is 73.5 Å². The van der Waals surface area contributed by atoms with Crippen LogP contribution in [0.5, 0.6) is 0 Å². The van der Waals surface area contributed by atoms with Crippen LogP contribution in [0.4, 0.5) is 17.5 Å². The van der Waals surface area contributed by atoms with Gasteiger partial charge in [0.15, 0.2) is 0 Å². The van der Waals surface area contributed by atoms with E-state index in [1.54, 1.807) is 0 Å². The number of piperazine rings is 1. The molecule has 0 spiro atoms. The van der Waals surface area contributed by atoms with Crippen LogP contribution in [0.3, 0.4) is 0 Å². The average molecular weight is 518 g/mol. The van der Waals surface area contributed by atoms with Gasteiger partial charge in [-0.2, -0.15) is 4.98 Å².